The summed E-state index contributed by atoms with van der Waals surface area (Å²) in [5, 5.41) is 4.22. The summed E-state index contributed by atoms with van der Waals surface area (Å²) in [4.78, 5) is 0. The molecule has 0 unspecified atom stereocenters. The van der Waals surface area contributed by atoms with Crippen LogP contribution in [-0.2, 0) is 6.42 Å². The third kappa shape index (κ3) is 4.57. The Hall–Kier alpha value is -0.930. The fraction of sp³-hybridized carbons (Fsp3) is 0.625. The molecule has 112 valence electrons. The van der Waals surface area contributed by atoms with Gasteiger partial charge >= 0.3 is 0 Å². The Bertz CT molecular complexity index is 435. The first-order valence-corrected chi connectivity index (χ1v) is 7.86. The molecule has 1 aliphatic rings. The van der Waals surface area contributed by atoms with Gasteiger partial charge in [0.1, 0.15) is 13.2 Å². The number of rotatable bonds is 7. The number of hydrogen-bond donors (Lipinski definition) is 1. The van der Waals surface area contributed by atoms with Crippen molar-refractivity contribution in [3.63, 3.8) is 0 Å². The van der Waals surface area contributed by atoms with Crippen molar-refractivity contribution in [2.24, 2.45) is 0 Å². The predicted molar refractivity (Wildman–Crippen MR) is 83.1 cm³/mol. The summed E-state index contributed by atoms with van der Waals surface area (Å²) in [6, 6.07) is 4.48. The van der Waals surface area contributed by atoms with E-state index in [9.17, 15) is 0 Å². The topological polar surface area (TPSA) is 30.5 Å². The van der Waals surface area contributed by atoms with Crippen LogP contribution in [0.5, 0.6) is 11.5 Å². The summed E-state index contributed by atoms with van der Waals surface area (Å²) in [5.74, 6) is 1.60. The van der Waals surface area contributed by atoms with Crippen molar-refractivity contribution in [3.8, 4) is 11.5 Å². The molecule has 0 aliphatic carbocycles. The largest absolute Gasteiger partial charge is 0.486 e. The molecule has 0 saturated heterocycles. The van der Waals surface area contributed by atoms with E-state index in [1.165, 1.54) is 12.8 Å². The van der Waals surface area contributed by atoms with Crippen molar-refractivity contribution in [1.82, 2.24) is 5.32 Å². The molecular weight excluding hydrogens is 274 g/mol. The Kier molecular flexibility index (Phi) is 5.99. The minimum atomic E-state index is 0.572. The van der Waals surface area contributed by atoms with E-state index < -0.39 is 0 Å². The van der Waals surface area contributed by atoms with Gasteiger partial charge < -0.3 is 14.8 Å². The predicted octanol–water partition coefficient (Wildman–Crippen LogP) is 3.82. The number of hydrogen-bond acceptors (Lipinski definition) is 3. The number of halogens is 1. The molecule has 1 N–H and O–H groups in total. The van der Waals surface area contributed by atoms with E-state index in [1.54, 1.807) is 0 Å². The second kappa shape index (κ2) is 7.75. The second-order valence-corrected chi connectivity index (χ2v) is 5.91. The summed E-state index contributed by atoms with van der Waals surface area (Å²) in [5.41, 5.74) is 1.16. The number of fused-ring (bicyclic) bond motifs is 1. The molecule has 1 aromatic carbocycles. The number of ether oxygens (including phenoxy) is 2. The smallest absolute Gasteiger partial charge is 0.162 e. The fourth-order valence-corrected chi connectivity index (χ4v) is 2.55. The monoisotopic (exact) mass is 297 g/mol. The molecule has 3 nitrogen and oxygen atoms in total. The van der Waals surface area contributed by atoms with Crippen LogP contribution in [0.4, 0.5) is 0 Å². The van der Waals surface area contributed by atoms with Crippen LogP contribution in [-0.4, -0.2) is 25.8 Å². The summed E-state index contributed by atoms with van der Waals surface area (Å²) < 4.78 is 11.1. The molecule has 20 heavy (non-hydrogen) atoms. The lowest BCUT2D eigenvalue weighted by atomic mass is 10.1. The maximum atomic E-state index is 6.29. The Morgan fingerprint density at radius 1 is 1.10 bits per heavy atom. The molecule has 0 spiro atoms. The van der Waals surface area contributed by atoms with Gasteiger partial charge in [-0.15, -0.1) is 0 Å². The zero-order valence-corrected chi connectivity index (χ0v) is 13.1. The molecule has 0 radical (unpaired) electrons. The Balaban J connectivity index is 1.78. The SMILES string of the molecule is CC(C)NCCCCCc1cc2c(cc1Cl)OCCO2. The van der Waals surface area contributed by atoms with Gasteiger partial charge in [0.2, 0.25) is 0 Å². The van der Waals surface area contributed by atoms with Crippen molar-refractivity contribution in [2.75, 3.05) is 19.8 Å². The van der Waals surface area contributed by atoms with Crippen LogP contribution in [0.15, 0.2) is 12.1 Å². The number of aryl methyl sites for hydroxylation is 1. The van der Waals surface area contributed by atoms with Crippen molar-refractivity contribution in [3.05, 3.63) is 22.7 Å². The maximum absolute atomic E-state index is 6.29. The van der Waals surface area contributed by atoms with Gasteiger partial charge in [0.25, 0.3) is 0 Å². The quantitative estimate of drug-likeness (QED) is 0.776. The summed E-state index contributed by atoms with van der Waals surface area (Å²) in [7, 11) is 0. The lowest BCUT2D eigenvalue weighted by Gasteiger charge is -2.19. The van der Waals surface area contributed by atoms with E-state index in [0.29, 0.717) is 19.3 Å². The molecule has 1 aliphatic heterocycles. The maximum Gasteiger partial charge on any atom is 0.162 e. The number of benzene rings is 1. The van der Waals surface area contributed by atoms with Crippen LogP contribution in [0, 0.1) is 0 Å². The fourth-order valence-electron chi connectivity index (χ4n) is 2.31. The molecule has 4 heteroatoms. The van der Waals surface area contributed by atoms with E-state index in [1.807, 2.05) is 12.1 Å². The van der Waals surface area contributed by atoms with Gasteiger partial charge in [-0.1, -0.05) is 31.9 Å². The van der Waals surface area contributed by atoms with Crippen molar-refractivity contribution in [1.29, 1.82) is 0 Å². The molecule has 0 fully saturated rings. The van der Waals surface area contributed by atoms with Crippen LogP contribution < -0.4 is 14.8 Å². The molecule has 0 bridgehead atoms. The van der Waals surface area contributed by atoms with Gasteiger partial charge in [-0.05, 0) is 37.4 Å². The van der Waals surface area contributed by atoms with Gasteiger partial charge in [0.05, 0.1) is 0 Å². The summed E-state index contributed by atoms with van der Waals surface area (Å²) >= 11 is 6.29. The summed E-state index contributed by atoms with van der Waals surface area (Å²) in [6.07, 6.45) is 4.57. The molecule has 2 rings (SSSR count). The molecular formula is C16H24ClNO2. The van der Waals surface area contributed by atoms with E-state index in [0.717, 1.165) is 41.5 Å². The minimum Gasteiger partial charge on any atom is -0.486 e. The zero-order valence-electron chi connectivity index (χ0n) is 12.4. The average Bonchev–Trinajstić information content (AvgIpc) is 2.42. The van der Waals surface area contributed by atoms with E-state index in [2.05, 4.69) is 19.2 Å². The first-order valence-electron chi connectivity index (χ1n) is 7.48. The van der Waals surface area contributed by atoms with Gasteiger partial charge in [-0.3, -0.25) is 0 Å². The standard InChI is InChI=1S/C16H24ClNO2/c1-12(2)18-7-5-3-4-6-13-10-15-16(11-14(13)17)20-9-8-19-15/h10-12,18H,3-9H2,1-2H3. The lowest BCUT2D eigenvalue weighted by Crippen LogP contribution is -2.23. The highest BCUT2D eigenvalue weighted by molar-refractivity contribution is 6.31. The van der Waals surface area contributed by atoms with Crippen LogP contribution in [0.25, 0.3) is 0 Å². The lowest BCUT2D eigenvalue weighted by molar-refractivity contribution is 0.171. The zero-order chi connectivity index (χ0) is 14.4. The van der Waals surface area contributed by atoms with E-state index in [4.69, 9.17) is 21.1 Å². The van der Waals surface area contributed by atoms with E-state index in [-0.39, 0.29) is 0 Å². The highest BCUT2D eigenvalue weighted by Gasteiger charge is 2.14. The molecule has 0 atom stereocenters. The van der Waals surface area contributed by atoms with Crippen molar-refractivity contribution in [2.45, 2.75) is 45.6 Å². The highest BCUT2D eigenvalue weighted by atomic mass is 35.5. The molecule has 0 amide bonds. The van der Waals surface area contributed by atoms with Gasteiger partial charge in [-0.25, -0.2) is 0 Å². The van der Waals surface area contributed by atoms with Crippen molar-refractivity contribution < 1.29 is 9.47 Å². The van der Waals surface area contributed by atoms with Crippen LogP contribution in [0.2, 0.25) is 5.02 Å². The van der Waals surface area contributed by atoms with Gasteiger partial charge in [0.15, 0.2) is 11.5 Å². The summed E-state index contributed by atoms with van der Waals surface area (Å²) in [6.45, 7) is 6.66. The van der Waals surface area contributed by atoms with Crippen LogP contribution in [0.1, 0.15) is 38.7 Å². The normalized spacial score (nSPS) is 13.8. The minimum absolute atomic E-state index is 0.572. The Morgan fingerprint density at radius 2 is 1.80 bits per heavy atom. The van der Waals surface area contributed by atoms with Crippen LogP contribution >= 0.6 is 11.6 Å². The molecule has 1 aromatic rings. The van der Waals surface area contributed by atoms with E-state index >= 15 is 0 Å². The number of nitrogens with one attached hydrogen (secondary N) is 1. The highest BCUT2D eigenvalue weighted by Crippen LogP contribution is 2.35. The number of unbranched alkanes of at least 4 members (excludes halogenated alkanes) is 2. The average molecular weight is 298 g/mol. The van der Waals surface area contributed by atoms with Gasteiger partial charge in [0, 0.05) is 17.1 Å². The van der Waals surface area contributed by atoms with Gasteiger partial charge in [-0.2, -0.15) is 0 Å². The second-order valence-electron chi connectivity index (χ2n) is 5.51. The third-order valence-corrected chi connectivity index (χ3v) is 3.74. The third-order valence-electron chi connectivity index (χ3n) is 3.39. The molecule has 0 saturated carbocycles. The molecule has 0 aromatic heterocycles. The first-order chi connectivity index (χ1) is 9.66. The Morgan fingerprint density at radius 3 is 2.50 bits per heavy atom. The first kappa shape index (κ1) is 15.5. The van der Waals surface area contributed by atoms with Crippen LogP contribution in [0.3, 0.4) is 0 Å². The Labute approximate surface area is 126 Å². The molecule has 1 heterocycles. The van der Waals surface area contributed by atoms with Crippen molar-refractivity contribution >= 4 is 11.6 Å².